The van der Waals surface area contributed by atoms with Crippen molar-refractivity contribution in [3.05, 3.63) is 35.9 Å². The number of hydrogen-bond acceptors (Lipinski definition) is 1. The summed E-state index contributed by atoms with van der Waals surface area (Å²) >= 11 is 0. The first-order chi connectivity index (χ1) is 8.57. The Kier molecular flexibility index (Phi) is 3.84. The van der Waals surface area contributed by atoms with E-state index in [2.05, 4.69) is 4.99 Å². The molecular formula is C14H15F2NO. The van der Waals surface area contributed by atoms with Gasteiger partial charge in [-0.25, -0.2) is 13.8 Å². The predicted molar refractivity (Wildman–Crippen MR) is 65.9 cm³/mol. The number of carbonyl (C=O) groups excluding carboxylic acids is 1. The molecule has 18 heavy (non-hydrogen) atoms. The summed E-state index contributed by atoms with van der Waals surface area (Å²) in [7, 11) is 0. The van der Waals surface area contributed by atoms with E-state index < -0.39 is 5.92 Å². The smallest absolute Gasteiger partial charge is 0.248 e. The normalized spacial score (nSPS) is 20.1. The minimum Gasteiger partial charge on any atom is -0.272 e. The number of halogens is 2. The molecule has 0 spiro atoms. The largest absolute Gasteiger partial charge is 0.272 e. The first-order valence-electron chi connectivity index (χ1n) is 6.08. The SMILES string of the molecule is O=C(N=Cc1ccccc1)C1CCC(F)(F)CC1. The molecule has 1 amide bonds. The highest BCUT2D eigenvalue weighted by Crippen LogP contribution is 2.36. The van der Waals surface area contributed by atoms with Crippen LogP contribution in [0.3, 0.4) is 0 Å². The average Bonchev–Trinajstić information content (AvgIpc) is 2.37. The molecule has 4 heteroatoms. The van der Waals surface area contributed by atoms with Gasteiger partial charge in [-0.2, -0.15) is 0 Å². The summed E-state index contributed by atoms with van der Waals surface area (Å²) in [4.78, 5) is 15.6. The summed E-state index contributed by atoms with van der Waals surface area (Å²) in [6.45, 7) is 0. The zero-order valence-corrected chi connectivity index (χ0v) is 9.98. The Hall–Kier alpha value is -1.58. The minimum atomic E-state index is -2.60. The van der Waals surface area contributed by atoms with Crippen molar-refractivity contribution in [1.29, 1.82) is 0 Å². The Bertz CT molecular complexity index is 432. The molecule has 2 rings (SSSR count). The topological polar surface area (TPSA) is 29.4 Å². The van der Waals surface area contributed by atoms with E-state index in [4.69, 9.17) is 0 Å². The molecule has 0 aliphatic heterocycles. The number of rotatable bonds is 2. The average molecular weight is 251 g/mol. The van der Waals surface area contributed by atoms with Crippen LogP contribution in [0.2, 0.25) is 0 Å². The number of benzene rings is 1. The lowest BCUT2D eigenvalue weighted by atomic mass is 9.86. The van der Waals surface area contributed by atoms with E-state index >= 15 is 0 Å². The number of carbonyl (C=O) groups is 1. The molecule has 1 aliphatic carbocycles. The highest BCUT2D eigenvalue weighted by Gasteiger charge is 2.37. The molecule has 0 N–H and O–H groups in total. The van der Waals surface area contributed by atoms with Crippen LogP contribution < -0.4 is 0 Å². The Morgan fingerprint density at radius 3 is 2.44 bits per heavy atom. The number of alkyl halides is 2. The van der Waals surface area contributed by atoms with Gasteiger partial charge in [-0.3, -0.25) is 4.79 Å². The van der Waals surface area contributed by atoms with Gasteiger partial charge in [0.2, 0.25) is 11.8 Å². The van der Waals surface area contributed by atoms with Crippen LogP contribution >= 0.6 is 0 Å². The van der Waals surface area contributed by atoms with E-state index in [-0.39, 0.29) is 37.5 Å². The summed E-state index contributed by atoms with van der Waals surface area (Å²) < 4.78 is 25.9. The molecule has 2 nitrogen and oxygen atoms in total. The van der Waals surface area contributed by atoms with Crippen LogP contribution in [0, 0.1) is 5.92 Å². The van der Waals surface area contributed by atoms with Gasteiger partial charge in [0.1, 0.15) is 0 Å². The first-order valence-corrected chi connectivity index (χ1v) is 6.08. The van der Waals surface area contributed by atoms with Gasteiger partial charge in [0.25, 0.3) is 0 Å². The van der Waals surface area contributed by atoms with Crippen molar-refractivity contribution < 1.29 is 13.6 Å². The summed E-state index contributed by atoms with van der Waals surface area (Å²) in [5, 5.41) is 0. The van der Waals surface area contributed by atoms with Crippen molar-refractivity contribution in [2.24, 2.45) is 10.9 Å². The fraction of sp³-hybridized carbons (Fsp3) is 0.429. The van der Waals surface area contributed by atoms with E-state index in [0.29, 0.717) is 0 Å². The monoisotopic (exact) mass is 251 g/mol. The highest BCUT2D eigenvalue weighted by molar-refractivity contribution is 5.92. The van der Waals surface area contributed by atoms with Crippen LogP contribution in [-0.4, -0.2) is 18.0 Å². The second-order valence-corrected chi connectivity index (χ2v) is 4.64. The van der Waals surface area contributed by atoms with E-state index in [1.807, 2.05) is 30.3 Å². The van der Waals surface area contributed by atoms with Gasteiger partial charge in [-0.1, -0.05) is 30.3 Å². The fourth-order valence-electron chi connectivity index (χ4n) is 2.07. The summed E-state index contributed by atoms with van der Waals surface area (Å²) in [5.41, 5.74) is 0.840. The third-order valence-corrected chi connectivity index (χ3v) is 3.21. The zero-order chi connectivity index (χ0) is 13.0. The maximum atomic E-state index is 12.9. The second-order valence-electron chi connectivity index (χ2n) is 4.64. The summed E-state index contributed by atoms with van der Waals surface area (Å²) in [5.74, 6) is -3.22. The molecule has 0 bridgehead atoms. The molecule has 1 fully saturated rings. The fourth-order valence-corrected chi connectivity index (χ4v) is 2.07. The molecule has 0 heterocycles. The third kappa shape index (κ3) is 3.45. The summed E-state index contributed by atoms with van der Waals surface area (Å²) in [6, 6.07) is 9.26. The van der Waals surface area contributed by atoms with Gasteiger partial charge in [0.05, 0.1) is 0 Å². The van der Waals surface area contributed by atoms with E-state index in [9.17, 15) is 13.6 Å². The Balaban J connectivity index is 1.91. The maximum Gasteiger partial charge on any atom is 0.248 e. The van der Waals surface area contributed by atoms with Crippen molar-refractivity contribution in [3.63, 3.8) is 0 Å². The Morgan fingerprint density at radius 2 is 1.83 bits per heavy atom. The Labute approximate surface area is 105 Å². The van der Waals surface area contributed by atoms with Gasteiger partial charge < -0.3 is 0 Å². The molecule has 96 valence electrons. The van der Waals surface area contributed by atoms with Gasteiger partial charge in [-0.05, 0) is 18.4 Å². The van der Waals surface area contributed by atoms with Crippen LogP contribution in [-0.2, 0) is 4.79 Å². The molecule has 0 unspecified atom stereocenters. The second kappa shape index (κ2) is 5.38. The van der Waals surface area contributed by atoms with Crippen molar-refractivity contribution in [2.45, 2.75) is 31.6 Å². The van der Waals surface area contributed by atoms with Crippen molar-refractivity contribution >= 4 is 12.1 Å². The van der Waals surface area contributed by atoms with Crippen LogP contribution in [0.15, 0.2) is 35.3 Å². The zero-order valence-electron chi connectivity index (χ0n) is 9.98. The van der Waals surface area contributed by atoms with E-state index in [1.165, 1.54) is 6.21 Å². The van der Waals surface area contributed by atoms with Gasteiger partial charge in [0, 0.05) is 25.0 Å². The number of hydrogen-bond donors (Lipinski definition) is 0. The van der Waals surface area contributed by atoms with Crippen LogP contribution in [0.5, 0.6) is 0 Å². The Morgan fingerprint density at radius 1 is 1.22 bits per heavy atom. The lowest BCUT2D eigenvalue weighted by Crippen LogP contribution is -2.28. The molecule has 0 radical (unpaired) electrons. The van der Waals surface area contributed by atoms with Crippen molar-refractivity contribution in [3.8, 4) is 0 Å². The lowest BCUT2D eigenvalue weighted by Gasteiger charge is -2.25. The molecule has 0 aromatic heterocycles. The van der Waals surface area contributed by atoms with E-state index in [1.54, 1.807) is 0 Å². The molecule has 1 aromatic rings. The van der Waals surface area contributed by atoms with Gasteiger partial charge in [-0.15, -0.1) is 0 Å². The van der Waals surface area contributed by atoms with Crippen LogP contribution in [0.1, 0.15) is 31.2 Å². The van der Waals surface area contributed by atoms with Crippen molar-refractivity contribution in [1.82, 2.24) is 0 Å². The number of nitrogens with zero attached hydrogens (tertiary/aromatic N) is 1. The third-order valence-electron chi connectivity index (χ3n) is 3.21. The summed E-state index contributed by atoms with van der Waals surface area (Å²) in [6.07, 6.45) is 1.56. The molecule has 0 atom stereocenters. The number of aliphatic imine (C=N–C) groups is 1. The first kappa shape index (κ1) is 12.9. The lowest BCUT2D eigenvalue weighted by molar-refractivity contribution is -0.125. The molecule has 1 aliphatic rings. The van der Waals surface area contributed by atoms with Crippen LogP contribution in [0.4, 0.5) is 8.78 Å². The number of amides is 1. The predicted octanol–water partition coefficient (Wildman–Crippen LogP) is 3.46. The van der Waals surface area contributed by atoms with Gasteiger partial charge in [0.15, 0.2) is 0 Å². The quantitative estimate of drug-likeness (QED) is 0.740. The van der Waals surface area contributed by atoms with Gasteiger partial charge >= 0.3 is 0 Å². The molecule has 1 saturated carbocycles. The highest BCUT2D eigenvalue weighted by atomic mass is 19.3. The maximum absolute atomic E-state index is 12.9. The van der Waals surface area contributed by atoms with Crippen LogP contribution in [0.25, 0.3) is 0 Å². The minimum absolute atomic E-state index is 0.204. The molecule has 0 saturated heterocycles. The molecule has 1 aromatic carbocycles. The standard InChI is InChI=1S/C14H15F2NO/c15-14(16)8-6-12(7-9-14)13(18)17-10-11-4-2-1-3-5-11/h1-5,10,12H,6-9H2. The van der Waals surface area contributed by atoms with E-state index in [0.717, 1.165) is 5.56 Å². The van der Waals surface area contributed by atoms with Crippen molar-refractivity contribution in [2.75, 3.05) is 0 Å². The molecular weight excluding hydrogens is 236 g/mol.